The van der Waals surface area contributed by atoms with Crippen LogP contribution in [0.1, 0.15) is 48.5 Å². The molecule has 1 aliphatic rings. The summed E-state index contributed by atoms with van der Waals surface area (Å²) in [5.41, 5.74) is 2.39. The fraction of sp³-hybridized carbons (Fsp3) is 0.667. The first-order chi connectivity index (χ1) is 12.8. The Morgan fingerprint density at radius 3 is 2.52 bits per heavy atom. The minimum atomic E-state index is -0.601. The van der Waals surface area contributed by atoms with Crippen molar-refractivity contribution < 1.29 is 19.1 Å². The molecule has 8 nitrogen and oxygen atoms in total. The van der Waals surface area contributed by atoms with Gasteiger partial charge in [0.15, 0.2) is 0 Å². The molecule has 1 saturated heterocycles. The lowest BCUT2D eigenvalue weighted by molar-refractivity contribution is -0.134. The van der Waals surface area contributed by atoms with Crippen LogP contribution in [0.5, 0.6) is 0 Å². The number of methoxy groups -OCH3 is 1. The van der Waals surface area contributed by atoms with Crippen molar-refractivity contribution in [3.8, 4) is 0 Å². The van der Waals surface area contributed by atoms with Gasteiger partial charge in [0.25, 0.3) is 5.91 Å². The first-order valence-electron chi connectivity index (χ1n) is 9.16. The van der Waals surface area contributed by atoms with E-state index >= 15 is 0 Å². The predicted octanol–water partition coefficient (Wildman–Crippen LogP) is 1.94. The summed E-state index contributed by atoms with van der Waals surface area (Å²) < 4.78 is 4.63. The van der Waals surface area contributed by atoms with Gasteiger partial charge in [-0.15, -0.1) is 11.3 Å². The van der Waals surface area contributed by atoms with E-state index in [1.54, 1.807) is 10.4 Å². The number of aryl methyl sites for hydroxylation is 1. The van der Waals surface area contributed by atoms with Crippen LogP contribution in [0, 0.1) is 12.8 Å². The molecule has 0 aliphatic carbocycles. The normalized spacial score (nSPS) is 16.1. The maximum absolute atomic E-state index is 12.8. The zero-order chi connectivity index (χ0) is 20.0. The Labute approximate surface area is 163 Å². The van der Waals surface area contributed by atoms with E-state index in [0.717, 1.165) is 5.69 Å². The number of hydrogen-bond acceptors (Lipinski definition) is 6. The Morgan fingerprint density at radius 1 is 1.33 bits per heavy atom. The maximum Gasteiger partial charge on any atom is 0.407 e. The fourth-order valence-corrected chi connectivity index (χ4v) is 3.83. The van der Waals surface area contributed by atoms with Crippen molar-refractivity contribution in [3.05, 3.63) is 16.1 Å². The largest absolute Gasteiger partial charge is 0.453 e. The van der Waals surface area contributed by atoms with Crippen LogP contribution in [0.4, 0.5) is 4.79 Å². The molecule has 0 bridgehead atoms. The Morgan fingerprint density at radius 2 is 2.00 bits per heavy atom. The van der Waals surface area contributed by atoms with Crippen LogP contribution >= 0.6 is 11.3 Å². The zero-order valence-electron chi connectivity index (χ0n) is 16.3. The molecule has 0 aromatic carbocycles. The van der Waals surface area contributed by atoms with Crippen molar-refractivity contribution in [3.63, 3.8) is 0 Å². The number of carbonyl (C=O) groups is 3. The van der Waals surface area contributed by atoms with Gasteiger partial charge in [-0.3, -0.25) is 9.59 Å². The number of amides is 3. The van der Waals surface area contributed by atoms with Crippen LogP contribution in [0.25, 0.3) is 0 Å². The fourth-order valence-electron chi connectivity index (χ4n) is 3.13. The van der Waals surface area contributed by atoms with E-state index < -0.39 is 12.1 Å². The highest BCUT2D eigenvalue weighted by atomic mass is 32.1. The lowest BCUT2D eigenvalue weighted by atomic mass is 10.00. The molecule has 3 amide bonds. The summed E-state index contributed by atoms with van der Waals surface area (Å²) in [5, 5.41) is 5.66. The molecule has 1 fully saturated rings. The number of ether oxygens (including phenoxy) is 1. The van der Waals surface area contributed by atoms with Crippen LogP contribution < -0.4 is 10.6 Å². The summed E-state index contributed by atoms with van der Waals surface area (Å²) in [6.45, 7) is 6.91. The van der Waals surface area contributed by atoms with Gasteiger partial charge in [0.2, 0.25) is 5.91 Å². The standard InChI is InChI=1S/C18H28N4O4S/c1-11(2)9-14(21-18(25)26-4)17(24)22-7-5-13(6-8-22)20-16(23)15-12(3)19-10-27-15/h10-11,13-14H,5-9H2,1-4H3,(H,20,23)(H,21,25)/t14-/m1/s1. The molecular formula is C18H28N4O4S. The number of carbonyl (C=O) groups excluding carboxylic acids is 3. The molecule has 1 atom stereocenters. The Balaban J connectivity index is 1.89. The molecule has 150 valence electrons. The van der Waals surface area contributed by atoms with Crippen molar-refractivity contribution in [1.82, 2.24) is 20.5 Å². The number of hydrogen-bond donors (Lipinski definition) is 2. The van der Waals surface area contributed by atoms with E-state index in [1.165, 1.54) is 18.4 Å². The van der Waals surface area contributed by atoms with Crippen molar-refractivity contribution in [1.29, 1.82) is 0 Å². The van der Waals surface area contributed by atoms with Gasteiger partial charge in [-0.25, -0.2) is 9.78 Å². The van der Waals surface area contributed by atoms with Gasteiger partial charge in [-0.2, -0.15) is 0 Å². The third-order valence-electron chi connectivity index (χ3n) is 4.58. The highest BCUT2D eigenvalue weighted by molar-refractivity contribution is 7.11. The third-order valence-corrected chi connectivity index (χ3v) is 5.50. The second-order valence-electron chi connectivity index (χ2n) is 7.16. The molecule has 2 heterocycles. The van der Waals surface area contributed by atoms with Gasteiger partial charge in [-0.1, -0.05) is 13.8 Å². The van der Waals surface area contributed by atoms with E-state index in [2.05, 4.69) is 20.4 Å². The summed E-state index contributed by atoms with van der Waals surface area (Å²) in [5.74, 6) is 0.0533. The van der Waals surface area contributed by atoms with E-state index in [-0.39, 0.29) is 23.8 Å². The lowest BCUT2D eigenvalue weighted by Crippen LogP contribution is -2.53. The van der Waals surface area contributed by atoms with Gasteiger partial charge in [0, 0.05) is 19.1 Å². The van der Waals surface area contributed by atoms with Gasteiger partial charge in [0.1, 0.15) is 10.9 Å². The molecular weight excluding hydrogens is 368 g/mol. The SMILES string of the molecule is COC(=O)N[C@H](CC(C)C)C(=O)N1CCC(NC(=O)c2scnc2C)CC1. The van der Waals surface area contributed by atoms with Crippen molar-refractivity contribution in [2.45, 2.75) is 52.1 Å². The second kappa shape index (κ2) is 9.68. The Hall–Kier alpha value is -2.16. The minimum Gasteiger partial charge on any atom is -0.453 e. The summed E-state index contributed by atoms with van der Waals surface area (Å²) in [7, 11) is 1.28. The third kappa shape index (κ3) is 5.92. The van der Waals surface area contributed by atoms with Crippen LogP contribution in [0.2, 0.25) is 0 Å². The number of aromatic nitrogens is 1. The number of nitrogens with zero attached hydrogens (tertiary/aromatic N) is 2. The Bertz CT molecular complexity index is 668. The van der Waals surface area contributed by atoms with Crippen LogP contribution in [-0.4, -0.2) is 60.1 Å². The van der Waals surface area contributed by atoms with Gasteiger partial charge < -0.3 is 20.3 Å². The summed E-state index contributed by atoms with van der Waals surface area (Å²) in [6, 6.07) is -0.566. The van der Waals surface area contributed by atoms with E-state index in [0.29, 0.717) is 37.2 Å². The summed E-state index contributed by atoms with van der Waals surface area (Å²) in [4.78, 5) is 43.2. The highest BCUT2D eigenvalue weighted by Gasteiger charge is 2.30. The molecule has 0 saturated carbocycles. The van der Waals surface area contributed by atoms with E-state index in [9.17, 15) is 14.4 Å². The minimum absolute atomic E-state index is 0.0279. The molecule has 1 aliphatic heterocycles. The number of piperidine rings is 1. The van der Waals surface area contributed by atoms with Crippen molar-refractivity contribution in [2.24, 2.45) is 5.92 Å². The molecule has 0 radical (unpaired) electrons. The van der Waals surface area contributed by atoms with Crippen LogP contribution in [0.3, 0.4) is 0 Å². The molecule has 27 heavy (non-hydrogen) atoms. The second-order valence-corrected chi connectivity index (χ2v) is 8.01. The van der Waals surface area contributed by atoms with E-state index in [1.807, 2.05) is 20.8 Å². The average molecular weight is 397 g/mol. The zero-order valence-corrected chi connectivity index (χ0v) is 17.1. The van der Waals surface area contributed by atoms with Gasteiger partial charge >= 0.3 is 6.09 Å². The maximum atomic E-state index is 12.8. The molecule has 9 heteroatoms. The monoisotopic (exact) mass is 396 g/mol. The van der Waals surface area contributed by atoms with Crippen molar-refractivity contribution in [2.75, 3.05) is 20.2 Å². The first kappa shape index (κ1) is 21.1. The number of alkyl carbamates (subject to hydrolysis) is 1. The van der Waals surface area contributed by atoms with Crippen LogP contribution in [0.15, 0.2) is 5.51 Å². The number of nitrogens with one attached hydrogen (secondary N) is 2. The Kier molecular flexibility index (Phi) is 7.58. The number of thiazole rings is 1. The average Bonchev–Trinajstić information content (AvgIpc) is 3.06. The summed E-state index contributed by atoms with van der Waals surface area (Å²) >= 11 is 1.33. The number of likely N-dealkylation sites (tertiary alicyclic amines) is 1. The molecule has 1 aromatic heterocycles. The molecule has 2 rings (SSSR count). The lowest BCUT2D eigenvalue weighted by Gasteiger charge is -2.35. The molecule has 0 unspecified atom stereocenters. The predicted molar refractivity (Wildman–Crippen MR) is 103 cm³/mol. The van der Waals surface area contributed by atoms with Crippen LogP contribution in [-0.2, 0) is 9.53 Å². The molecule has 0 spiro atoms. The first-order valence-corrected chi connectivity index (χ1v) is 10.0. The smallest absolute Gasteiger partial charge is 0.407 e. The van der Waals surface area contributed by atoms with Gasteiger partial charge in [0.05, 0.1) is 18.3 Å². The van der Waals surface area contributed by atoms with Gasteiger partial charge in [-0.05, 0) is 32.1 Å². The summed E-state index contributed by atoms with van der Waals surface area (Å²) in [6.07, 6.45) is 1.31. The highest BCUT2D eigenvalue weighted by Crippen LogP contribution is 2.17. The topological polar surface area (TPSA) is 101 Å². The van der Waals surface area contributed by atoms with Crippen molar-refractivity contribution >= 4 is 29.2 Å². The quantitative estimate of drug-likeness (QED) is 0.765. The molecule has 2 N–H and O–H groups in total. The number of rotatable bonds is 6. The van der Waals surface area contributed by atoms with E-state index in [4.69, 9.17) is 0 Å². The molecule has 1 aromatic rings.